The molecular formula is C10H14N4. The highest BCUT2D eigenvalue weighted by Crippen LogP contribution is 2.26. The number of hydrogen-bond acceptors (Lipinski definition) is 3. The summed E-state index contributed by atoms with van der Waals surface area (Å²) in [5, 5.41) is 8.82. The third-order valence-corrected chi connectivity index (χ3v) is 2.42. The Kier molecular flexibility index (Phi) is 1.91. The van der Waals surface area contributed by atoms with Crippen LogP contribution in [0.15, 0.2) is 12.4 Å². The Hall–Kier alpha value is -1.58. The molecule has 0 bridgehead atoms. The second kappa shape index (κ2) is 2.97. The van der Waals surface area contributed by atoms with Crippen LogP contribution < -0.4 is 5.73 Å². The molecule has 2 aromatic rings. The number of hydrogen-bond donors (Lipinski definition) is 1. The van der Waals surface area contributed by atoms with Crippen LogP contribution in [0, 0.1) is 6.92 Å². The monoisotopic (exact) mass is 190 g/mol. The summed E-state index contributed by atoms with van der Waals surface area (Å²) in [4.78, 5) is 0. The molecule has 4 nitrogen and oxygen atoms in total. The Balaban J connectivity index is 2.86. The van der Waals surface area contributed by atoms with E-state index in [1.54, 1.807) is 6.20 Å². The molecule has 0 aliphatic rings. The molecule has 0 unspecified atom stereocenters. The molecule has 14 heavy (non-hydrogen) atoms. The Morgan fingerprint density at radius 1 is 1.43 bits per heavy atom. The van der Waals surface area contributed by atoms with Crippen LogP contribution in [0.25, 0.3) is 10.9 Å². The minimum Gasteiger partial charge on any atom is -0.380 e. The van der Waals surface area contributed by atoms with Crippen LogP contribution in [0.2, 0.25) is 0 Å². The Bertz CT molecular complexity index is 470. The molecule has 0 fully saturated rings. The molecular weight excluding hydrogens is 176 g/mol. The molecule has 0 amide bonds. The van der Waals surface area contributed by atoms with Crippen LogP contribution in [0.1, 0.15) is 25.5 Å². The maximum absolute atomic E-state index is 5.81. The lowest BCUT2D eigenvalue weighted by Gasteiger charge is -2.09. The fraction of sp³-hybridized carbons (Fsp3) is 0.400. The molecule has 0 aliphatic heterocycles. The summed E-state index contributed by atoms with van der Waals surface area (Å²) in [6, 6.07) is 0.387. The van der Waals surface area contributed by atoms with Gasteiger partial charge in [0, 0.05) is 17.6 Å². The number of aromatic nitrogens is 3. The van der Waals surface area contributed by atoms with Crippen LogP contribution in [-0.2, 0) is 0 Å². The van der Waals surface area contributed by atoms with Gasteiger partial charge in [-0.05, 0) is 26.3 Å². The number of nitrogens with two attached hydrogens (primary N) is 1. The van der Waals surface area contributed by atoms with E-state index in [2.05, 4.69) is 41.7 Å². The standard InChI is InChI=1S/C10H14N4/c1-6(2)14-5-7(3)8-4-12-13-10(11)9(8)14/h4-6H,1-3H3,(H2,11,13). The second-order valence-electron chi connectivity index (χ2n) is 3.81. The molecule has 0 spiro atoms. The summed E-state index contributed by atoms with van der Waals surface area (Å²) >= 11 is 0. The first-order valence-electron chi connectivity index (χ1n) is 4.69. The zero-order chi connectivity index (χ0) is 10.3. The van der Waals surface area contributed by atoms with Crippen molar-refractivity contribution in [3.8, 4) is 0 Å². The van der Waals surface area contributed by atoms with E-state index in [0.717, 1.165) is 10.9 Å². The molecule has 0 saturated carbocycles. The van der Waals surface area contributed by atoms with Crippen LogP contribution in [-0.4, -0.2) is 14.8 Å². The number of rotatable bonds is 1. The summed E-state index contributed by atoms with van der Waals surface area (Å²) in [6.45, 7) is 6.31. The van der Waals surface area contributed by atoms with Crippen molar-refractivity contribution in [2.45, 2.75) is 26.8 Å². The molecule has 0 saturated heterocycles. The first-order chi connectivity index (χ1) is 6.61. The highest BCUT2D eigenvalue weighted by molar-refractivity contribution is 5.90. The van der Waals surface area contributed by atoms with Crippen LogP contribution >= 0.6 is 0 Å². The Labute approximate surface area is 82.7 Å². The van der Waals surface area contributed by atoms with Gasteiger partial charge in [-0.2, -0.15) is 5.10 Å². The molecule has 0 aliphatic carbocycles. The maximum atomic E-state index is 5.81. The van der Waals surface area contributed by atoms with Gasteiger partial charge in [-0.25, -0.2) is 0 Å². The molecule has 2 N–H and O–H groups in total. The number of anilines is 1. The van der Waals surface area contributed by atoms with Crippen molar-refractivity contribution < 1.29 is 0 Å². The summed E-state index contributed by atoms with van der Waals surface area (Å²) in [5.41, 5.74) is 8.00. The van der Waals surface area contributed by atoms with Gasteiger partial charge >= 0.3 is 0 Å². The quantitative estimate of drug-likeness (QED) is 0.747. The lowest BCUT2D eigenvalue weighted by Crippen LogP contribution is -2.02. The van der Waals surface area contributed by atoms with Gasteiger partial charge in [0.25, 0.3) is 0 Å². The SMILES string of the molecule is Cc1cn(C(C)C)c2c(N)nncc12. The maximum Gasteiger partial charge on any atom is 0.170 e. The van der Waals surface area contributed by atoms with Crippen molar-refractivity contribution >= 4 is 16.7 Å². The molecule has 2 rings (SSSR count). The van der Waals surface area contributed by atoms with Crippen LogP contribution in [0.4, 0.5) is 5.82 Å². The van der Waals surface area contributed by atoms with Gasteiger partial charge in [0.2, 0.25) is 0 Å². The van der Waals surface area contributed by atoms with Crippen molar-refractivity contribution in [2.24, 2.45) is 0 Å². The van der Waals surface area contributed by atoms with Gasteiger partial charge in [0.1, 0.15) is 0 Å². The van der Waals surface area contributed by atoms with E-state index < -0.39 is 0 Å². The highest BCUT2D eigenvalue weighted by atomic mass is 15.2. The van der Waals surface area contributed by atoms with E-state index in [4.69, 9.17) is 5.73 Å². The van der Waals surface area contributed by atoms with E-state index in [-0.39, 0.29) is 0 Å². The zero-order valence-corrected chi connectivity index (χ0v) is 8.65. The summed E-state index contributed by atoms with van der Waals surface area (Å²) in [5.74, 6) is 0.504. The minimum atomic E-state index is 0.387. The third kappa shape index (κ3) is 1.14. The van der Waals surface area contributed by atoms with Gasteiger partial charge in [0.05, 0.1) is 11.7 Å². The highest BCUT2D eigenvalue weighted by Gasteiger charge is 2.11. The van der Waals surface area contributed by atoms with Crippen molar-refractivity contribution in [1.29, 1.82) is 0 Å². The van der Waals surface area contributed by atoms with E-state index >= 15 is 0 Å². The van der Waals surface area contributed by atoms with Crippen LogP contribution in [0.5, 0.6) is 0 Å². The predicted molar refractivity (Wildman–Crippen MR) is 57.1 cm³/mol. The summed E-state index contributed by atoms with van der Waals surface area (Å²) < 4.78 is 2.13. The average Bonchev–Trinajstić information content (AvgIpc) is 2.46. The molecule has 0 atom stereocenters. The van der Waals surface area contributed by atoms with E-state index in [1.807, 2.05) is 0 Å². The number of fused-ring (bicyclic) bond motifs is 1. The number of nitrogen functional groups attached to an aromatic ring is 1. The molecule has 2 aromatic heterocycles. The fourth-order valence-electron chi connectivity index (χ4n) is 1.71. The van der Waals surface area contributed by atoms with Gasteiger partial charge in [-0.15, -0.1) is 5.10 Å². The zero-order valence-electron chi connectivity index (χ0n) is 8.65. The second-order valence-corrected chi connectivity index (χ2v) is 3.81. The van der Waals surface area contributed by atoms with Crippen LogP contribution in [0.3, 0.4) is 0 Å². The Morgan fingerprint density at radius 3 is 2.79 bits per heavy atom. The van der Waals surface area contributed by atoms with Crippen molar-refractivity contribution in [2.75, 3.05) is 5.73 Å². The van der Waals surface area contributed by atoms with Gasteiger partial charge in [0.15, 0.2) is 5.82 Å². The number of aryl methyl sites for hydroxylation is 1. The minimum absolute atomic E-state index is 0.387. The fourth-order valence-corrected chi connectivity index (χ4v) is 1.71. The smallest absolute Gasteiger partial charge is 0.170 e. The van der Waals surface area contributed by atoms with Gasteiger partial charge < -0.3 is 10.3 Å². The first-order valence-corrected chi connectivity index (χ1v) is 4.69. The lowest BCUT2D eigenvalue weighted by molar-refractivity contribution is 0.621. The topological polar surface area (TPSA) is 56.7 Å². The van der Waals surface area contributed by atoms with E-state index in [9.17, 15) is 0 Å². The van der Waals surface area contributed by atoms with E-state index in [0.29, 0.717) is 11.9 Å². The lowest BCUT2D eigenvalue weighted by atomic mass is 10.2. The van der Waals surface area contributed by atoms with E-state index in [1.165, 1.54) is 5.56 Å². The van der Waals surface area contributed by atoms with Gasteiger partial charge in [-0.1, -0.05) is 0 Å². The van der Waals surface area contributed by atoms with Gasteiger partial charge in [-0.3, -0.25) is 0 Å². The molecule has 2 heterocycles. The predicted octanol–water partition coefficient (Wildman–Crippen LogP) is 1.90. The van der Waals surface area contributed by atoms with Crippen molar-refractivity contribution in [3.05, 3.63) is 18.0 Å². The molecule has 4 heteroatoms. The van der Waals surface area contributed by atoms with Crippen molar-refractivity contribution in [1.82, 2.24) is 14.8 Å². The largest absolute Gasteiger partial charge is 0.380 e. The summed E-state index contributed by atoms with van der Waals surface area (Å²) in [6.07, 6.45) is 3.86. The van der Waals surface area contributed by atoms with Crippen molar-refractivity contribution in [3.63, 3.8) is 0 Å². The average molecular weight is 190 g/mol. The first kappa shape index (κ1) is 8.99. The summed E-state index contributed by atoms with van der Waals surface area (Å²) in [7, 11) is 0. The molecule has 0 radical (unpaired) electrons. The third-order valence-electron chi connectivity index (χ3n) is 2.42. The normalized spacial score (nSPS) is 11.4. The Morgan fingerprint density at radius 2 is 2.14 bits per heavy atom. The molecule has 0 aromatic carbocycles. The molecule has 74 valence electrons. The number of nitrogens with zero attached hydrogens (tertiary/aromatic N) is 3.